The van der Waals surface area contributed by atoms with Gasteiger partial charge in [0.15, 0.2) is 11.5 Å². The van der Waals surface area contributed by atoms with E-state index in [0.29, 0.717) is 18.9 Å². The van der Waals surface area contributed by atoms with Crippen molar-refractivity contribution in [2.75, 3.05) is 38.2 Å². The van der Waals surface area contributed by atoms with Crippen molar-refractivity contribution in [2.24, 2.45) is 0 Å². The van der Waals surface area contributed by atoms with Crippen molar-refractivity contribution >= 4 is 21.6 Å². The van der Waals surface area contributed by atoms with E-state index in [1.165, 1.54) is 44.6 Å². The summed E-state index contributed by atoms with van der Waals surface area (Å²) in [4.78, 5) is 12.5. The molecule has 168 valence electrons. The number of anilines is 1. The summed E-state index contributed by atoms with van der Waals surface area (Å²) in [5, 5.41) is 2.71. The lowest BCUT2D eigenvalue weighted by molar-refractivity contribution is -0.120. The monoisotopic (exact) mass is 452 g/mol. The molecule has 1 amide bonds. The Morgan fingerprint density at radius 1 is 1.16 bits per heavy atom. The number of carbonyl (C=O) groups excluding carboxylic acids is 1. The van der Waals surface area contributed by atoms with Crippen LogP contribution in [0.25, 0.3) is 0 Å². The topological polar surface area (TPSA) is 94.2 Å². The van der Waals surface area contributed by atoms with Crippen LogP contribution in [0.2, 0.25) is 0 Å². The van der Waals surface area contributed by atoms with E-state index in [1.54, 1.807) is 0 Å². The van der Waals surface area contributed by atoms with Gasteiger partial charge < -0.3 is 19.5 Å². The zero-order chi connectivity index (χ0) is 22.4. The van der Waals surface area contributed by atoms with Gasteiger partial charge in [0.2, 0.25) is 5.91 Å². The molecule has 1 heterocycles. The maximum Gasteiger partial charge on any atom is 0.264 e. The van der Waals surface area contributed by atoms with Gasteiger partial charge in [-0.15, -0.1) is 0 Å². The van der Waals surface area contributed by atoms with E-state index in [0.717, 1.165) is 29.3 Å². The van der Waals surface area contributed by atoms with Gasteiger partial charge in [-0.2, -0.15) is 0 Å². The minimum Gasteiger partial charge on any atom is -0.493 e. The Morgan fingerprint density at radius 2 is 1.87 bits per heavy atom. The molecule has 0 aromatic heterocycles. The second kappa shape index (κ2) is 9.97. The van der Waals surface area contributed by atoms with E-state index in [2.05, 4.69) is 5.32 Å². The first kappa shape index (κ1) is 22.8. The van der Waals surface area contributed by atoms with E-state index in [-0.39, 0.29) is 22.4 Å². The summed E-state index contributed by atoms with van der Waals surface area (Å²) in [5.41, 5.74) is 0.156. The molecule has 3 rings (SSSR count). The lowest BCUT2D eigenvalue weighted by atomic mass is 10.2. The number of sulfonamides is 1. The van der Waals surface area contributed by atoms with Crippen LogP contribution >= 0.6 is 0 Å². The molecule has 0 radical (unpaired) electrons. The average molecular weight is 453 g/mol. The summed E-state index contributed by atoms with van der Waals surface area (Å²) in [6.45, 7) is 0.470. The third-order valence-corrected chi connectivity index (χ3v) is 6.67. The number of nitrogens with zero attached hydrogens (tertiary/aromatic N) is 1. The van der Waals surface area contributed by atoms with Gasteiger partial charge in [0, 0.05) is 19.2 Å². The second-order valence-corrected chi connectivity index (χ2v) is 8.81. The minimum atomic E-state index is -4.17. The Bertz CT molecular complexity index is 1010. The summed E-state index contributed by atoms with van der Waals surface area (Å²) < 4.78 is 57.0. The van der Waals surface area contributed by atoms with Crippen molar-refractivity contribution in [1.29, 1.82) is 0 Å². The summed E-state index contributed by atoms with van der Waals surface area (Å²) in [5.74, 6) is -0.423. The number of nitrogens with one attached hydrogen (secondary N) is 1. The van der Waals surface area contributed by atoms with E-state index in [9.17, 15) is 17.6 Å². The molecule has 1 saturated heterocycles. The molecule has 0 unspecified atom stereocenters. The summed E-state index contributed by atoms with van der Waals surface area (Å²) >= 11 is 0. The molecule has 31 heavy (non-hydrogen) atoms. The molecule has 10 heteroatoms. The fourth-order valence-corrected chi connectivity index (χ4v) is 4.68. The van der Waals surface area contributed by atoms with Crippen LogP contribution in [0.1, 0.15) is 12.8 Å². The van der Waals surface area contributed by atoms with Crippen molar-refractivity contribution in [3.63, 3.8) is 0 Å². The number of rotatable bonds is 9. The normalized spacial score (nSPS) is 16.0. The zero-order valence-electron chi connectivity index (χ0n) is 17.3. The van der Waals surface area contributed by atoms with Crippen LogP contribution in [0.15, 0.2) is 47.4 Å². The molecule has 0 bridgehead atoms. The Balaban J connectivity index is 1.89. The van der Waals surface area contributed by atoms with Crippen LogP contribution < -0.4 is 19.1 Å². The van der Waals surface area contributed by atoms with Crippen LogP contribution in [0.5, 0.6) is 11.5 Å². The molecule has 1 N–H and O–H groups in total. The highest BCUT2D eigenvalue weighted by Gasteiger charge is 2.29. The van der Waals surface area contributed by atoms with Gasteiger partial charge >= 0.3 is 0 Å². The van der Waals surface area contributed by atoms with E-state index >= 15 is 0 Å². The number of ether oxygens (including phenoxy) is 3. The molecule has 0 spiro atoms. The Hall–Kier alpha value is -2.85. The molecular weight excluding hydrogens is 427 g/mol. The predicted molar refractivity (Wildman–Crippen MR) is 112 cm³/mol. The van der Waals surface area contributed by atoms with E-state index in [4.69, 9.17) is 14.2 Å². The number of benzene rings is 2. The summed E-state index contributed by atoms with van der Waals surface area (Å²) in [6.07, 6.45) is 1.69. The second-order valence-electron chi connectivity index (χ2n) is 6.94. The summed E-state index contributed by atoms with van der Waals surface area (Å²) in [6, 6.07) is 9.02. The van der Waals surface area contributed by atoms with Crippen molar-refractivity contribution in [1.82, 2.24) is 5.32 Å². The molecule has 8 nitrogen and oxygen atoms in total. The third-order valence-electron chi connectivity index (χ3n) is 4.90. The highest BCUT2D eigenvalue weighted by atomic mass is 32.2. The van der Waals surface area contributed by atoms with Crippen molar-refractivity contribution in [2.45, 2.75) is 23.8 Å². The van der Waals surface area contributed by atoms with Gasteiger partial charge in [-0.3, -0.25) is 9.10 Å². The van der Waals surface area contributed by atoms with Crippen molar-refractivity contribution in [3.8, 4) is 11.5 Å². The zero-order valence-corrected chi connectivity index (χ0v) is 18.2. The number of carbonyl (C=O) groups is 1. The maximum atomic E-state index is 13.4. The van der Waals surface area contributed by atoms with Crippen LogP contribution in [-0.4, -0.2) is 54.3 Å². The SMILES string of the molecule is COc1ccc(S(=O)(=O)N(CC(=O)NC[C@@H]2CCCO2)c2ccc(F)cc2)cc1OC. The van der Waals surface area contributed by atoms with Crippen LogP contribution in [0.3, 0.4) is 0 Å². The van der Waals surface area contributed by atoms with E-state index in [1.807, 2.05) is 0 Å². The number of hydrogen-bond donors (Lipinski definition) is 1. The first-order chi connectivity index (χ1) is 14.8. The van der Waals surface area contributed by atoms with Gasteiger partial charge in [0.05, 0.1) is 30.9 Å². The van der Waals surface area contributed by atoms with Gasteiger partial charge in [0.25, 0.3) is 10.0 Å². The Labute approximate surface area is 181 Å². The van der Waals surface area contributed by atoms with Crippen molar-refractivity contribution in [3.05, 3.63) is 48.3 Å². The van der Waals surface area contributed by atoms with Crippen LogP contribution in [0.4, 0.5) is 10.1 Å². The third kappa shape index (κ3) is 5.45. The largest absolute Gasteiger partial charge is 0.493 e. The number of methoxy groups -OCH3 is 2. The van der Waals surface area contributed by atoms with Gasteiger partial charge in [-0.05, 0) is 49.2 Å². The van der Waals surface area contributed by atoms with Crippen LogP contribution in [0, 0.1) is 5.82 Å². The summed E-state index contributed by atoms with van der Waals surface area (Å²) in [7, 11) is -1.34. The van der Waals surface area contributed by atoms with E-state index < -0.39 is 28.3 Å². The maximum absolute atomic E-state index is 13.4. The number of hydrogen-bond acceptors (Lipinski definition) is 6. The lowest BCUT2D eigenvalue weighted by Crippen LogP contribution is -2.42. The fourth-order valence-electron chi connectivity index (χ4n) is 3.25. The number of halogens is 1. The van der Waals surface area contributed by atoms with Gasteiger partial charge in [-0.25, -0.2) is 12.8 Å². The van der Waals surface area contributed by atoms with Crippen LogP contribution in [-0.2, 0) is 19.6 Å². The standard InChI is InChI=1S/C21H25FN2O6S/c1-28-19-10-9-18(12-20(19)29-2)31(26,27)24(16-7-5-15(22)6-8-16)14-21(25)23-13-17-4-3-11-30-17/h5-10,12,17H,3-4,11,13-14H2,1-2H3,(H,23,25)/t17-/m0/s1. The predicted octanol–water partition coefficient (Wildman–Crippen LogP) is 2.33. The van der Waals surface area contributed by atoms with Crippen molar-refractivity contribution < 1.29 is 31.8 Å². The molecule has 1 aliphatic heterocycles. The smallest absolute Gasteiger partial charge is 0.264 e. The molecule has 2 aromatic carbocycles. The number of amides is 1. The average Bonchev–Trinajstić information content (AvgIpc) is 3.30. The molecule has 0 saturated carbocycles. The Morgan fingerprint density at radius 3 is 2.48 bits per heavy atom. The quantitative estimate of drug-likeness (QED) is 0.628. The lowest BCUT2D eigenvalue weighted by Gasteiger charge is -2.25. The Kier molecular flexibility index (Phi) is 7.34. The highest BCUT2D eigenvalue weighted by molar-refractivity contribution is 7.92. The molecule has 1 fully saturated rings. The molecule has 1 atom stereocenters. The van der Waals surface area contributed by atoms with Gasteiger partial charge in [0.1, 0.15) is 12.4 Å². The minimum absolute atomic E-state index is 0.0781. The molecule has 2 aromatic rings. The molecular formula is C21H25FN2O6S. The molecule has 0 aliphatic carbocycles. The van der Waals surface area contributed by atoms with Gasteiger partial charge in [-0.1, -0.05) is 0 Å². The molecule has 1 aliphatic rings. The first-order valence-corrected chi connectivity index (χ1v) is 11.2. The first-order valence-electron chi connectivity index (χ1n) is 9.74. The highest BCUT2D eigenvalue weighted by Crippen LogP contribution is 2.32. The fraction of sp³-hybridized carbons (Fsp3) is 0.381.